The van der Waals surface area contributed by atoms with Crippen LogP contribution in [0.25, 0.3) is 11.4 Å². The Hall–Kier alpha value is -1.49. The average Bonchev–Trinajstić information content (AvgIpc) is 2.30. The maximum Gasteiger partial charge on any atom is 0.247 e. The minimum atomic E-state index is 0.467. The van der Waals surface area contributed by atoms with Crippen molar-refractivity contribution in [3.8, 4) is 17.3 Å². The number of hydrogen-bond donors (Lipinski definition) is 0. The van der Waals surface area contributed by atoms with E-state index in [1.807, 2.05) is 24.3 Å². The third-order valence-corrected chi connectivity index (χ3v) is 2.41. The number of methoxy groups -OCH3 is 1. The predicted molar refractivity (Wildman–Crippen MR) is 59.5 cm³/mol. The second kappa shape index (κ2) is 4.35. The molecule has 0 unspecified atom stereocenters. The number of halogens is 1. The van der Waals surface area contributed by atoms with Gasteiger partial charge >= 0.3 is 0 Å². The molecular weight excluding hydrogens is 258 g/mol. The van der Waals surface area contributed by atoms with Crippen molar-refractivity contribution in [3.63, 3.8) is 0 Å². The molecule has 0 saturated heterocycles. The van der Waals surface area contributed by atoms with Crippen LogP contribution in [0.15, 0.2) is 34.9 Å². The molecule has 0 atom stereocenters. The normalized spacial score (nSPS) is 10.0. The maximum absolute atomic E-state index is 4.99. The molecule has 0 bridgehead atoms. The zero-order valence-electron chi connectivity index (χ0n) is 8.01. The van der Waals surface area contributed by atoms with Crippen molar-refractivity contribution < 1.29 is 4.74 Å². The summed E-state index contributed by atoms with van der Waals surface area (Å²) >= 11 is 3.35. The first-order valence-corrected chi connectivity index (χ1v) is 5.09. The smallest absolute Gasteiger partial charge is 0.247 e. The zero-order valence-corrected chi connectivity index (χ0v) is 9.60. The van der Waals surface area contributed by atoms with Crippen LogP contribution < -0.4 is 4.74 Å². The van der Waals surface area contributed by atoms with Crippen molar-refractivity contribution in [3.05, 3.63) is 34.9 Å². The van der Waals surface area contributed by atoms with Crippen LogP contribution in [0.3, 0.4) is 0 Å². The molecule has 0 amide bonds. The Kier molecular flexibility index (Phi) is 2.91. The lowest BCUT2D eigenvalue weighted by Gasteiger charge is -2.02. The molecule has 0 aliphatic rings. The number of hydrogen-bond acceptors (Lipinski definition) is 4. The number of aromatic nitrogens is 3. The highest BCUT2D eigenvalue weighted by Gasteiger charge is 2.06. The van der Waals surface area contributed by atoms with Crippen LogP contribution in [0.1, 0.15) is 0 Å². The van der Waals surface area contributed by atoms with Crippen molar-refractivity contribution in [2.24, 2.45) is 0 Å². The third kappa shape index (κ3) is 2.12. The summed E-state index contributed by atoms with van der Waals surface area (Å²) in [6, 6.07) is 7.47. The van der Waals surface area contributed by atoms with E-state index in [0.717, 1.165) is 10.2 Å². The van der Waals surface area contributed by atoms with E-state index in [2.05, 4.69) is 31.1 Å². The summed E-state index contributed by atoms with van der Waals surface area (Å²) in [6.07, 6.45) is 1.72. The Balaban J connectivity index is 2.43. The van der Waals surface area contributed by atoms with Gasteiger partial charge in [0.15, 0.2) is 0 Å². The standard InChI is InChI=1S/C10H8BrN3O/c1-15-10-7(11)6-9(13-14-10)8-4-2-3-5-12-8/h2-6H,1H3. The molecule has 0 saturated carbocycles. The Bertz CT molecular complexity index is 461. The fraction of sp³-hybridized carbons (Fsp3) is 0.100. The van der Waals surface area contributed by atoms with E-state index in [1.165, 1.54) is 0 Å². The first-order chi connectivity index (χ1) is 7.31. The van der Waals surface area contributed by atoms with Gasteiger partial charge in [0.25, 0.3) is 0 Å². The molecule has 0 aromatic carbocycles. The molecule has 0 fully saturated rings. The van der Waals surface area contributed by atoms with Crippen LogP contribution in [-0.4, -0.2) is 22.3 Å². The highest BCUT2D eigenvalue weighted by molar-refractivity contribution is 9.10. The summed E-state index contributed by atoms with van der Waals surface area (Å²) in [5.74, 6) is 0.467. The second-order valence-electron chi connectivity index (χ2n) is 2.80. The summed E-state index contributed by atoms with van der Waals surface area (Å²) < 4.78 is 5.76. The largest absolute Gasteiger partial charge is 0.479 e. The molecule has 5 heteroatoms. The number of rotatable bonds is 2. The molecule has 2 heterocycles. The van der Waals surface area contributed by atoms with Crippen LogP contribution in [0.2, 0.25) is 0 Å². The maximum atomic E-state index is 4.99. The summed E-state index contributed by atoms with van der Waals surface area (Å²) in [7, 11) is 1.55. The molecule has 0 radical (unpaired) electrons. The molecule has 4 nitrogen and oxygen atoms in total. The van der Waals surface area contributed by atoms with Crippen LogP contribution in [0, 0.1) is 0 Å². The molecule has 0 spiro atoms. The molecule has 76 valence electrons. The van der Waals surface area contributed by atoms with Gasteiger partial charge in [-0.05, 0) is 34.1 Å². The van der Waals surface area contributed by atoms with Gasteiger partial charge in [-0.3, -0.25) is 4.98 Å². The van der Waals surface area contributed by atoms with Crippen LogP contribution in [0.5, 0.6) is 5.88 Å². The number of ether oxygens (including phenoxy) is 1. The second-order valence-corrected chi connectivity index (χ2v) is 3.66. The SMILES string of the molecule is COc1nnc(-c2ccccn2)cc1Br. The van der Waals surface area contributed by atoms with E-state index in [4.69, 9.17) is 4.74 Å². The van der Waals surface area contributed by atoms with Gasteiger partial charge in [-0.1, -0.05) is 6.07 Å². The van der Waals surface area contributed by atoms with E-state index < -0.39 is 0 Å². The lowest BCUT2D eigenvalue weighted by atomic mass is 10.2. The first-order valence-electron chi connectivity index (χ1n) is 4.30. The quantitative estimate of drug-likeness (QED) is 0.836. The molecular formula is C10H8BrN3O. The monoisotopic (exact) mass is 265 g/mol. The fourth-order valence-corrected chi connectivity index (χ4v) is 1.59. The van der Waals surface area contributed by atoms with E-state index in [0.29, 0.717) is 11.6 Å². The molecule has 2 aromatic heterocycles. The average molecular weight is 266 g/mol. The van der Waals surface area contributed by atoms with E-state index in [-0.39, 0.29) is 0 Å². The number of nitrogens with zero attached hydrogens (tertiary/aromatic N) is 3. The Morgan fingerprint density at radius 1 is 1.20 bits per heavy atom. The summed E-state index contributed by atoms with van der Waals surface area (Å²) in [5.41, 5.74) is 1.50. The van der Waals surface area contributed by atoms with E-state index >= 15 is 0 Å². The van der Waals surface area contributed by atoms with Gasteiger partial charge in [-0.25, -0.2) is 0 Å². The Labute approximate surface area is 95.5 Å². The van der Waals surface area contributed by atoms with Gasteiger partial charge in [-0.2, -0.15) is 0 Å². The van der Waals surface area contributed by atoms with Crippen molar-refractivity contribution in [1.29, 1.82) is 0 Å². The summed E-state index contributed by atoms with van der Waals surface area (Å²) in [6.45, 7) is 0. The fourth-order valence-electron chi connectivity index (χ4n) is 1.14. The summed E-state index contributed by atoms with van der Waals surface area (Å²) in [4.78, 5) is 4.18. The molecule has 0 N–H and O–H groups in total. The van der Waals surface area contributed by atoms with Gasteiger partial charge in [0.2, 0.25) is 5.88 Å². The van der Waals surface area contributed by atoms with Crippen molar-refractivity contribution in [2.45, 2.75) is 0 Å². The Morgan fingerprint density at radius 2 is 2.07 bits per heavy atom. The Morgan fingerprint density at radius 3 is 2.67 bits per heavy atom. The van der Waals surface area contributed by atoms with Gasteiger partial charge in [0.05, 0.1) is 17.3 Å². The number of pyridine rings is 1. The molecule has 0 aliphatic heterocycles. The third-order valence-electron chi connectivity index (χ3n) is 1.84. The van der Waals surface area contributed by atoms with Crippen LogP contribution in [-0.2, 0) is 0 Å². The molecule has 2 aromatic rings. The molecule has 0 aliphatic carbocycles. The summed E-state index contributed by atoms with van der Waals surface area (Å²) in [5, 5.41) is 7.93. The van der Waals surface area contributed by atoms with E-state index in [1.54, 1.807) is 13.3 Å². The highest BCUT2D eigenvalue weighted by Crippen LogP contribution is 2.24. The minimum Gasteiger partial charge on any atom is -0.479 e. The van der Waals surface area contributed by atoms with Gasteiger partial charge in [0.1, 0.15) is 5.69 Å². The van der Waals surface area contributed by atoms with E-state index in [9.17, 15) is 0 Å². The van der Waals surface area contributed by atoms with Gasteiger partial charge in [0, 0.05) is 6.20 Å². The zero-order chi connectivity index (χ0) is 10.7. The van der Waals surface area contributed by atoms with Crippen LogP contribution in [0.4, 0.5) is 0 Å². The van der Waals surface area contributed by atoms with Gasteiger partial charge in [-0.15, -0.1) is 10.2 Å². The van der Waals surface area contributed by atoms with Crippen molar-refractivity contribution in [2.75, 3.05) is 7.11 Å². The highest BCUT2D eigenvalue weighted by atomic mass is 79.9. The molecule has 15 heavy (non-hydrogen) atoms. The van der Waals surface area contributed by atoms with Gasteiger partial charge < -0.3 is 4.74 Å². The lowest BCUT2D eigenvalue weighted by molar-refractivity contribution is 0.389. The first kappa shape index (κ1) is 10.0. The minimum absolute atomic E-state index is 0.467. The van der Waals surface area contributed by atoms with Crippen molar-refractivity contribution in [1.82, 2.24) is 15.2 Å². The van der Waals surface area contributed by atoms with Crippen molar-refractivity contribution >= 4 is 15.9 Å². The van der Waals surface area contributed by atoms with Crippen LogP contribution >= 0.6 is 15.9 Å². The molecule has 2 rings (SSSR count). The lowest BCUT2D eigenvalue weighted by Crippen LogP contribution is -1.94. The predicted octanol–water partition coefficient (Wildman–Crippen LogP) is 2.31. The topological polar surface area (TPSA) is 47.9 Å².